The molecule has 3 heterocycles. The lowest BCUT2D eigenvalue weighted by Gasteiger charge is -2.16. The van der Waals surface area contributed by atoms with Crippen LogP contribution < -0.4 is 10.6 Å². The lowest BCUT2D eigenvalue weighted by atomic mass is 10.1. The minimum absolute atomic E-state index is 0.121. The average molecular weight is 387 g/mol. The van der Waals surface area contributed by atoms with Gasteiger partial charge in [-0.3, -0.25) is 9.97 Å². The van der Waals surface area contributed by atoms with Gasteiger partial charge in [-0.1, -0.05) is 12.1 Å². The molecule has 0 saturated heterocycles. The van der Waals surface area contributed by atoms with Crippen LogP contribution in [0.25, 0.3) is 11.3 Å². The average Bonchev–Trinajstić information content (AvgIpc) is 2.75. The zero-order valence-electron chi connectivity index (χ0n) is 15.6. The molecule has 0 aliphatic rings. The Morgan fingerprint density at radius 1 is 0.897 bits per heavy atom. The van der Waals surface area contributed by atoms with Crippen molar-refractivity contribution >= 4 is 17.6 Å². The Morgan fingerprint density at radius 3 is 2.45 bits per heavy atom. The second-order valence-electron chi connectivity index (χ2n) is 6.34. The molecule has 8 heteroatoms. The molecule has 0 radical (unpaired) electrons. The van der Waals surface area contributed by atoms with Crippen molar-refractivity contribution in [3.63, 3.8) is 0 Å². The van der Waals surface area contributed by atoms with Crippen LogP contribution in [0.4, 0.5) is 22.0 Å². The number of halogens is 1. The van der Waals surface area contributed by atoms with E-state index in [1.54, 1.807) is 43.1 Å². The van der Waals surface area contributed by atoms with Crippen molar-refractivity contribution in [3.05, 3.63) is 84.8 Å². The summed E-state index contributed by atoms with van der Waals surface area (Å²) in [5.41, 5.74) is 2.48. The van der Waals surface area contributed by atoms with E-state index in [1.165, 1.54) is 12.1 Å². The van der Waals surface area contributed by atoms with Gasteiger partial charge in [0.15, 0.2) is 0 Å². The van der Waals surface area contributed by atoms with Gasteiger partial charge in [0.2, 0.25) is 5.95 Å². The molecule has 0 aliphatic heterocycles. The van der Waals surface area contributed by atoms with Crippen molar-refractivity contribution < 1.29 is 4.39 Å². The molecular formula is C21H18FN7. The second-order valence-corrected chi connectivity index (χ2v) is 6.34. The zero-order valence-corrected chi connectivity index (χ0v) is 15.6. The molecule has 4 rings (SSSR count). The van der Waals surface area contributed by atoms with Crippen LogP contribution in [0.5, 0.6) is 0 Å². The first-order valence-corrected chi connectivity index (χ1v) is 9.02. The number of anilines is 3. The largest absolute Gasteiger partial charge is 0.348 e. The van der Waals surface area contributed by atoms with Crippen molar-refractivity contribution in [2.24, 2.45) is 0 Å². The van der Waals surface area contributed by atoms with Crippen molar-refractivity contribution in [2.75, 3.05) is 10.6 Å². The van der Waals surface area contributed by atoms with E-state index in [-0.39, 0.29) is 11.9 Å². The van der Waals surface area contributed by atoms with E-state index in [4.69, 9.17) is 0 Å². The van der Waals surface area contributed by atoms with E-state index in [2.05, 4.69) is 35.6 Å². The Morgan fingerprint density at radius 2 is 1.72 bits per heavy atom. The molecule has 0 aliphatic carbocycles. The van der Waals surface area contributed by atoms with Gasteiger partial charge in [-0.15, -0.1) is 0 Å². The molecule has 0 bridgehead atoms. The normalized spacial score (nSPS) is 11.7. The monoisotopic (exact) mass is 387 g/mol. The third-order valence-electron chi connectivity index (χ3n) is 4.22. The SMILES string of the molecule is CC(Nc1nc(Nc2cnccn2)cc(-c2cccnc2)n1)c1ccc(F)cc1. The summed E-state index contributed by atoms with van der Waals surface area (Å²) in [6, 6.07) is 11.8. The van der Waals surface area contributed by atoms with Gasteiger partial charge in [0.05, 0.1) is 17.9 Å². The maximum atomic E-state index is 13.2. The van der Waals surface area contributed by atoms with E-state index < -0.39 is 0 Å². The number of nitrogens with zero attached hydrogens (tertiary/aromatic N) is 5. The van der Waals surface area contributed by atoms with Crippen LogP contribution in [0.15, 0.2) is 73.4 Å². The van der Waals surface area contributed by atoms with Gasteiger partial charge in [0, 0.05) is 36.4 Å². The summed E-state index contributed by atoms with van der Waals surface area (Å²) in [6.07, 6.45) is 8.26. The molecule has 4 aromatic rings. The van der Waals surface area contributed by atoms with Crippen molar-refractivity contribution in [3.8, 4) is 11.3 Å². The van der Waals surface area contributed by atoms with Crippen LogP contribution in [0.1, 0.15) is 18.5 Å². The minimum Gasteiger partial charge on any atom is -0.348 e. The molecule has 0 spiro atoms. The quantitative estimate of drug-likeness (QED) is 0.507. The van der Waals surface area contributed by atoms with Gasteiger partial charge >= 0.3 is 0 Å². The zero-order chi connectivity index (χ0) is 20.1. The van der Waals surface area contributed by atoms with Gasteiger partial charge < -0.3 is 10.6 Å². The highest BCUT2D eigenvalue weighted by Gasteiger charge is 2.12. The minimum atomic E-state index is -0.272. The first-order chi connectivity index (χ1) is 14.2. The predicted octanol–water partition coefficient (Wildman–Crippen LogP) is 4.38. The molecule has 0 amide bonds. The van der Waals surface area contributed by atoms with Gasteiger partial charge in [-0.05, 0) is 36.8 Å². The molecule has 0 fully saturated rings. The van der Waals surface area contributed by atoms with Crippen LogP contribution in [0.3, 0.4) is 0 Å². The van der Waals surface area contributed by atoms with Crippen LogP contribution in [-0.2, 0) is 0 Å². The maximum Gasteiger partial charge on any atom is 0.225 e. The molecule has 144 valence electrons. The summed E-state index contributed by atoms with van der Waals surface area (Å²) in [7, 11) is 0. The van der Waals surface area contributed by atoms with Gasteiger partial charge in [0.25, 0.3) is 0 Å². The van der Waals surface area contributed by atoms with E-state index >= 15 is 0 Å². The summed E-state index contributed by atoms with van der Waals surface area (Å²) in [5, 5.41) is 6.41. The highest BCUT2D eigenvalue weighted by Crippen LogP contribution is 2.24. The summed E-state index contributed by atoms with van der Waals surface area (Å²) in [6.45, 7) is 1.96. The number of aromatic nitrogens is 5. The van der Waals surface area contributed by atoms with Crippen LogP contribution in [-0.4, -0.2) is 24.9 Å². The third kappa shape index (κ3) is 4.67. The summed E-state index contributed by atoms with van der Waals surface area (Å²) < 4.78 is 13.2. The number of pyridine rings is 1. The molecule has 1 aromatic carbocycles. The van der Waals surface area contributed by atoms with E-state index in [9.17, 15) is 4.39 Å². The van der Waals surface area contributed by atoms with Gasteiger partial charge in [-0.2, -0.15) is 4.98 Å². The standard InChI is InChI=1S/C21H18FN7/c1-14(15-4-6-17(22)7-5-15)26-21-27-18(16-3-2-8-23-12-16)11-19(29-21)28-20-13-24-9-10-25-20/h2-14H,1H3,(H2,25,26,27,28,29). The van der Waals surface area contributed by atoms with E-state index in [0.29, 0.717) is 23.3 Å². The molecular weight excluding hydrogens is 369 g/mol. The highest BCUT2D eigenvalue weighted by molar-refractivity contribution is 5.65. The Labute approximate surface area is 167 Å². The Kier molecular flexibility index (Phi) is 5.33. The predicted molar refractivity (Wildman–Crippen MR) is 109 cm³/mol. The van der Waals surface area contributed by atoms with Crippen molar-refractivity contribution in [2.45, 2.75) is 13.0 Å². The smallest absolute Gasteiger partial charge is 0.225 e. The maximum absolute atomic E-state index is 13.2. The second kappa shape index (κ2) is 8.39. The van der Waals surface area contributed by atoms with Crippen LogP contribution in [0.2, 0.25) is 0 Å². The van der Waals surface area contributed by atoms with Crippen LogP contribution in [0, 0.1) is 5.82 Å². The molecule has 2 N–H and O–H groups in total. The molecule has 3 aromatic heterocycles. The number of benzene rings is 1. The Hall–Kier alpha value is -3.94. The molecule has 1 unspecified atom stereocenters. The fraction of sp³-hybridized carbons (Fsp3) is 0.0952. The lowest BCUT2D eigenvalue weighted by molar-refractivity contribution is 0.626. The fourth-order valence-corrected chi connectivity index (χ4v) is 2.76. The van der Waals surface area contributed by atoms with Crippen molar-refractivity contribution in [1.82, 2.24) is 24.9 Å². The molecule has 29 heavy (non-hydrogen) atoms. The molecule has 7 nitrogen and oxygen atoms in total. The van der Waals surface area contributed by atoms with E-state index in [1.807, 2.05) is 25.1 Å². The first kappa shape index (κ1) is 18.4. The Bertz CT molecular complexity index is 1070. The Balaban J connectivity index is 1.66. The summed E-state index contributed by atoms with van der Waals surface area (Å²) in [5.74, 6) is 1.29. The van der Waals surface area contributed by atoms with Crippen molar-refractivity contribution in [1.29, 1.82) is 0 Å². The summed E-state index contributed by atoms with van der Waals surface area (Å²) in [4.78, 5) is 21.6. The molecule has 0 saturated carbocycles. The summed E-state index contributed by atoms with van der Waals surface area (Å²) >= 11 is 0. The number of hydrogen-bond donors (Lipinski definition) is 2. The number of nitrogens with one attached hydrogen (secondary N) is 2. The topological polar surface area (TPSA) is 88.5 Å². The lowest BCUT2D eigenvalue weighted by Crippen LogP contribution is -2.11. The van der Waals surface area contributed by atoms with Gasteiger partial charge in [-0.25, -0.2) is 14.4 Å². The highest BCUT2D eigenvalue weighted by atomic mass is 19.1. The van der Waals surface area contributed by atoms with E-state index in [0.717, 1.165) is 11.1 Å². The first-order valence-electron chi connectivity index (χ1n) is 9.02. The molecule has 1 atom stereocenters. The number of hydrogen-bond acceptors (Lipinski definition) is 7. The third-order valence-corrected chi connectivity index (χ3v) is 4.22. The van der Waals surface area contributed by atoms with Crippen LogP contribution >= 0.6 is 0 Å². The fourth-order valence-electron chi connectivity index (χ4n) is 2.76. The van der Waals surface area contributed by atoms with Gasteiger partial charge in [0.1, 0.15) is 17.5 Å². The number of rotatable bonds is 6.